The summed E-state index contributed by atoms with van der Waals surface area (Å²) in [5.41, 5.74) is 8.14. The minimum absolute atomic E-state index is 0.373. The molecule has 2 heterocycles. The topological polar surface area (TPSA) is 43.1 Å². The summed E-state index contributed by atoms with van der Waals surface area (Å²) in [5, 5.41) is 0. The molecule has 0 N–H and O–H groups in total. The first kappa shape index (κ1) is 20.8. The van der Waals surface area contributed by atoms with Gasteiger partial charge in [-0.05, 0) is 11.5 Å². The summed E-state index contributed by atoms with van der Waals surface area (Å²) in [6.07, 6.45) is 1.84. The first-order chi connectivity index (χ1) is 16.1. The van der Waals surface area contributed by atoms with Crippen LogP contribution in [0.15, 0.2) is 102 Å². The lowest BCUT2D eigenvalue weighted by Crippen LogP contribution is -2.03. The van der Waals surface area contributed by atoms with E-state index in [2.05, 4.69) is 67.4 Å². The molecule has 5 rings (SSSR count). The molecule has 0 unspecified atom stereocenters. The zero-order valence-electron chi connectivity index (χ0n) is 19.1. The Kier molecular flexibility index (Phi) is 5.57. The van der Waals surface area contributed by atoms with Crippen molar-refractivity contribution in [3.63, 3.8) is 0 Å². The van der Waals surface area contributed by atoms with E-state index in [-0.39, 0.29) is 0 Å². The van der Waals surface area contributed by atoms with Gasteiger partial charge in [-0.3, -0.25) is 0 Å². The molecular formula is C29H26N4. The standard InChI is InChI=1S/C29H26N4/c1-20(2)23-16-10-11-17-24(23)28-29-25(33(3)19-30-29)18-26(32-28)31-27(21-12-6-4-7-13-21)22-14-8-5-9-15-22/h4-20H,1-3H3. The van der Waals surface area contributed by atoms with Crippen molar-refractivity contribution in [3.05, 3.63) is 114 Å². The van der Waals surface area contributed by atoms with Gasteiger partial charge in [-0.2, -0.15) is 0 Å². The Morgan fingerprint density at radius 3 is 2.06 bits per heavy atom. The number of nitrogens with zero attached hydrogens (tertiary/aromatic N) is 4. The summed E-state index contributed by atoms with van der Waals surface area (Å²) >= 11 is 0. The van der Waals surface area contributed by atoms with Crippen LogP contribution in [0, 0.1) is 0 Å². The van der Waals surface area contributed by atoms with Crippen molar-refractivity contribution in [3.8, 4) is 11.3 Å². The molecule has 0 atom stereocenters. The minimum atomic E-state index is 0.373. The van der Waals surface area contributed by atoms with E-state index in [1.165, 1.54) is 5.56 Å². The summed E-state index contributed by atoms with van der Waals surface area (Å²) in [5.74, 6) is 1.04. The number of benzene rings is 3. The number of aryl methyl sites for hydroxylation is 1. The molecule has 4 nitrogen and oxygen atoms in total. The van der Waals surface area contributed by atoms with Gasteiger partial charge < -0.3 is 4.57 Å². The van der Waals surface area contributed by atoms with Crippen molar-refractivity contribution in [1.82, 2.24) is 14.5 Å². The first-order valence-electron chi connectivity index (χ1n) is 11.2. The maximum absolute atomic E-state index is 5.10. The molecule has 0 aliphatic heterocycles. The number of aliphatic imine (C=N–C) groups is 1. The third kappa shape index (κ3) is 4.08. The lowest BCUT2D eigenvalue weighted by molar-refractivity contribution is 0.868. The Balaban J connectivity index is 1.77. The van der Waals surface area contributed by atoms with E-state index in [0.717, 1.165) is 39.1 Å². The number of aromatic nitrogens is 3. The molecule has 3 aromatic carbocycles. The van der Waals surface area contributed by atoms with Crippen molar-refractivity contribution in [2.75, 3.05) is 0 Å². The Morgan fingerprint density at radius 1 is 0.818 bits per heavy atom. The maximum atomic E-state index is 5.10. The molecule has 4 heteroatoms. The smallest absolute Gasteiger partial charge is 0.155 e. The maximum Gasteiger partial charge on any atom is 0.155 e. The average Bonchev–Trinajstić information content (AvgIpc) is 3.23. The van der Waals surface area contributed by atoms with E-state index in [9.17, 15) is 0 Å². The number of rotatable bonds is 5. The van der Waals surface area contributed by atoms with Crippen LogP contribution in [0.25, 0.3) is 22.3 Å². The van der Waals surface area contributed by atoms with Crippen LogP contribution in [0.2, 0.25) is 0 Å². The quantitative estimate of drug-likeness (QED) is 0.284. The lowest BCUT2D eigenvalue weighted by atomic mass is 9.94. The number of fused-ring (bicyclic) bond motifs is 1. The normalized spacial score (nSPS) is 11.2. The van der Waals surface area contributed by atoms with Gasteiger partial charge >= 0.3 is 0 Å². The zero-order valence-corrected chi connectivity index (χ0v) is 19.1. The molecule has 0 radical (unpaired) electrons. The van der Waals surface area contributed by atoms with E-state index in [4.69, 9.17) is 9.98 Å². The van der Waals surface area contributed by atoms with Gasteiger partial charge in [-0.1, -0.05) is 98.8 Å². The molecule has 5 aromatic rings. The summed E-state index contributed by atoms with van der Waals surface area (Å²) in [4.78, 5) is 14.8. The highest BCUT2D eigenvalue weighted by Gasteiger charge is 2.17. The van der Waals surface area contributed by atoms with Gasteiger partial charge in [0, 0.05) is 29.8 Å². The number of pyridine rings is 1. The van der Waals surface area contributed by atoms with Crippen molar-refractivity contribution in [1.29, 1.82) is 0 Å². The SMILES string of the molecule is CC(C)c1ccccc1-c1nc(N=C(c2ccccc2)c2ccccc2)cc2c1ncn2C. The number of imidazole rings is 1. The molecule has 2 aromatic heterocycles. The van der Waals surface area contributed by atoms with E-state index >= 15 is 0 Å². The van der Waals surface area contributed by atoms with Crippen molar-refractivity contribution >= 4 is 22.6 Å². The summed E-state index contributed by atoms with van der Waals surface area (Å²) in [6, 6.07) is 31.0. The summed E-state index contributed by atoms with van der Waals surface area (Å²) in [6.45, 7) is 4.42. The van der Waals surface area contributed by atoms with Crippen LogP contribution in [0.1, 0.15) is 36.5 Å². The Labute approximate surface area is 194 Å². The molecule has 0 fully saturated rings. The molecule has 0 bridgehead atoms. The van der Waals surface area contributed by atoms with Crippen LogP contribution in [0.5, 0.6) is 0 Å². The molecule has 0 aliphatic rings. The number of hydrogen-bond acceptors (Lipinski definition) is 3. The first-order valence-corrected chi connectivity index (χ1v) is 11.2. The molecule has 0 saturated heterocycles. The summed E-state index contributed by atoms with van der Waals surface area (Å²) in [7, 11) is 2.01. The van der Waals surface area contributed by atoms with Crippen LogP contribution in [-0.2, 0) is 7.05 Å². The van der Waals surface area contributed by atoms with Crippen LogP contribution < -0.4 is 0 Å². The van der Waals surface area contributed by atoms with E-state index < -0.39 is 0 Å². The van der Waals surface area contributed by atoms with Crippen LogP contribution >= 0.6 is 0 Å². The zero-order chi connectivity index (χ0) is 22.8. The van der Waals surface area contributed by atoms with Gasteiger partial charge in [-0.15, -0.1) is 0 Å². The predicted octanol–water partition coefficient (Wildman–Crippen LogP) is 6.93. The molecule has 0 spiro atoms. The van der Waals surface area contributed by atoms with Gasteiger partial charge in [0.05, 0.1) is 17.6 Å². The monoisotopic (exact) mass is 430 g/mol. The van der Waals surface area contributed by atoms with Gasteiger partial charge in [0.2, 0.25) is 0 Å². The minimum Gasteiger partial charge on any atom is -0.334 e. The highest BCUT2D eigenvalue weighted by molar-refractivity contribution is 6.14. The van der Waals surface area contributed by atoms with Crippen molar-refractivity contribution in [2.24, 2.45) is 12.0 Å². The Morgan fingerprint density at radius 2 is 1.42 bits per heavy atom. The van der Waals surface area contributed by atoms with Gasteiger partial charge in [0.15, 0.2) is 5.82 Å². The summed E-state index contributed by atoms with van der Waals surface area (Å²) < 4.78 is 2.03. The van der Waals surface area contributed by atoms with Crippen LogP contribution in [0.3, 0.4) is 0 Å². The lowest BCUT2D eigenvalue weighted by Gasteiger charge is -2.14. The van der Waals surface area contributed by atoms with Crippen molar-refractivity contribution < 1.29 is 0 Å². The largest absolute Gasteiger partial charge is 0.334 e. The molecule has 0 aliphatic carbocycles. The Hall–Kier alpha value is -4.05. The van der Waals surface area contributed by atoms with Crippen LogP contribution in [0.4, 0.5) is 5.82 Å². The van der Waals surface area contributed by atoms with Crippen molar-refractivity contribution in [2.45, 2.75) is 19.8 Å². The second-order valence-corrected chi connectivity index (χ2v) is 8.49. The third-order valence-corrected chi connectivity index (χ3v) is 5.86. The molecule has 33 heavy (non-hydrogen) atoms. The fourth-order valence-electron chi connectivity index (χ4n) is 4.18. The fourth-order valence-corrected chi connectivity index (χ4v) is 4.18. The highest BCUT2D eigenvalue weighted by atomic mass is 15.0. The van der Waals surface area contributed by atoms with E-state index in [0.29, 0.717) is 11.7 Å². The van der Waals surface area contributed by atoms with Crippen LogP contribution in [-0.4, -0.2) is 20.2 Å². The van der Waals surface area contributed by atoms with E-state index in [1.807, 2.05) is 60.4 Å². The second kappa shape index (κ2) is 8.83. The van der Waals surface area contributed by atoms with Gasteiger partial charge in [0.25, 0.3) is 0 Å². The van der Waals surface area contributed by atoms with E-state index in [1.54, 1.807) is 0 Å². The molecule has 162 valence electrons. The molecular weight excluding hydrogens is 404 g/mol. The number of hydrogen-bond donors (Lipinski definition) is 0. The Bertz CT molecular complexity index is 1390. The van der Waals surface area contributed by atoms with Gasteiger partial charge in [0.1, 0.15) is 11.2 Å². The molecule has 0 amide bonds. The van der Waals surface area contributed by atoms with Gasteiger partial charge in [-0.25, -0.2) is 15.0 Å². The fraction of sp³-hybridized carbons (Fsp3) is 0.138. The third-order valence-electron chi connectivity index (χ3n) is 5.86. The highest BCUT2D eigenvalue weighted by Crippen LogP contribution is 2.34. The predicted molar refractivity (Wildman–Crippen MR) is 136 cm³/mol. The molecule has 0 saturated carbocycles. The second-order valence-electron chi connectivity index (χ2n) is 8.49. The average molecular weight is 431 g/mol.